The second-order valence-corrected chi connectivity index (χ2v) is 3.59. The van der Waals surface area contributed by atoms with Crippen LogP contribution in [0.3, 0.4) is 0 Å². The molecule has 1 heterocycles. The average Bonchev–Trinajstić information content (AvgIpc) is 2.30. The van der Waals surface area contributed by atoms with Gasteiger partial charge in [-0.25, -0.2) is 8.78 Å². The molecule has 13 heavy (non-hydrogen) atoms. The van der Waals surface area contributed by atoms with Gasteiger partial charge in [0.15, 0.2) is 0 Å². The molecule has 1 rings (SSSR count). The average molecular weight is 221 g/mol. The van der Waals surface area contributed by atoms with Gasteiger partial charge >= 0.3 is 6.18 Å². The molecule has 8 heteroatoms. The van der Waals surface area contributed by atoms with Gasteiger partial charge in [-0.1, -0.05) is 0 Å². The van der Waals surface area contributed by atoms with Crippen molar-refractivity contribution in [1.82, 2.24) is 5.32 Å². The summed E-state index contributed by atoms with van der Waals surface area (Å²) in [5.74, 6) is -1.62. The van der Waals surface area contributed by atoms with E-state index in [1.807, 2.05) is 0 Å². The molecule has 0 aromatic heterocycles. The standard InChI is InChI=1S/C5H4F5NOS/c6-3(7)4(5(8,9)10)11-2(12)1-13-4/h3H,1H2,(H,11,12). The topological polar surface area (TPSA) is 29.1 Å². The Morgan fingerprint density at radius 2 is 2.00 bits per heavy atom. The Morgan fingerprint density at radius 1 is 1.46 bits per heavy atom. The molecule has 0 radical (unpaired) electrons. The number of nitrogens with one attached hydrogen (secondary N) is 1. The van der Waals surface area contributed by atoms with E-state index >= 15 is 0 Å². The maximum absolute atomic E-state index is 12.1. The summed E-state index contributed by atoms with van der Waals surface area (Å²) in [5.41, 5.74) is 0. The molecule has 1 atom stereocenters. The van der Waals surface area contributed by atoms with Crippen LogP contribution in [-0.2, 0) is 4.79 Å². The summed E-state index contributed by atoms with van der Waals surface area (Å²) in [6.45, 7) is 0. The van der Waals surface area contributed by atoms with Gasteiger partial charge in [0.05, 0.1) is 5.75 Å². The van der Waals surface area contributed by atoms with E-state index in [0.29, 0.717) is 0 Å². The first-order valence-electron chi connectivity index (χ1n) is 3.09. The number of carbonyl (C=O) groups is 1. The van der Waals surface area contributed by atoms with Crippen LogP contribution in [0.2, 0.25) is 0 Å². The molecule has 0 aromatic carbocycles. The zero-order chi connectivity index (χ0) is 10.3. The van der Waals surface area contributed by atoms with E-state index in [9.17, 15) is 26.7 Å². The van der Waals surface area contributed by atoms with E-state index in [-0.39, 0.29) is 11.8 Å². The van der Waals surface area contributed by atoms with Gasteiger partial charge in [-0.15, -0.1) is 11.8 Å². The molecule has 1 aliphatic rings. The van der Waals surface area contributed by atoms with E-state index in [0.717, 1.165) is 0 Å². The van der Waals surface area contributed by atoms with Crippen molar-refractivity contribution in [1.29, 1.82) is 0 Å². The third-order valence-corrected chi connectivity index (χ3v) is 2.86. The van der Waals surface area contributed by atoms with E-state index in [2.05, 4.69) is 0 Å². The Kier molecular flexibility index (Phi) is 2.44. The van der Waals surface area contributed by atoms with Crippen LogP contribution in [-0.4, -0.2) is 29.1 Å². The first-order valence-corrected chi connectivity index (χ1v) is 4.08. The molecular formula is C5H4F5NOS. The number of hydrogen-bond acceptors (Lipinski definition) is 2. The molecule has 0 saturated carbocycles. The number of amides is 1. The predicted octanol–water partition coefficient (Wildman–Crippen LogP) is 1.37. The zero-order valence-electron chi connectivity index (χ0n) is 5.99. The highest BCUT2D eigenvalue weighted by molar-refractivity contribution is 8.01. The van der Waals surface area contributed by atoms with Crippen molar-refractivity contribution in [2.45, 2.75) is 17.5 Å². The fraction of sp³-hybridized carbons (Fsp3) is 0.800. The van der Waals surface area contributed by atoms with Gasteiger partial charge in [-0.3, -0.25) is 4.79 Å². The molecule has 1 amide bonds. The van der Waals surface area contributed by atoms with Gasteiger partial charge in [0.1, 0.15) is 0 Å². The quantitative estimate of drug-likeness (QED) is 0.677. The molecule has 0 bridgehead atoms. The van der Waals surface area contributed by atoms with Crippen LogP contribution in [0.15, 0.2) is 0 Å². The van der Waals surface area contributed by atoms with Crippen molar-refractivity contribution >= 4 is 17.7 Å². The predicted molar refractivity (Wildman–Crippen MR) is 35.4 cm³/mol. The molecule has 1 saturated heterocycles. The van der Waals surface area contributed by atoms with Gasteiger partial charge in [0.2, 0.25) is 10.8 Å². The Balaban J connectivity index is 2.97. The minimum absolute atomic E-state index is 0.123. The molecule has 1 fully saturated rings. The molecule has 0 spiro atoms. The molecule has 1 N–H and O–H groups in total. The van der Waals surface area contributed by atoms with E-state index in [1.54, 1.807) is 0 Å². The van der Waals surface area contributed by atoms with Gasteiger partial charge in [-0.2, -0.15) is 13.2 Å². The minimum atomic E-state index is -5.14. The summed E-state index contributed by atoms with van der Waals surface area (Å²) in [7, 11) is 0. The second-order valence-electron chi connectivity index (χ2n) is 2.37. The highest BCUT2D eigenvalue weighted by Gasteiger charge is 2.65. The Labute approximate surface area is 73.9 Å². The second kappa shape index (κ2) is 3.00. The molecule has 2 nitrogen and oxygen atoms in total. The third kappa shape index (κ3) is 1.59. The van der Waals surface area contributed by atoms with Crippen LogP contribution in [0.5, 0.6) is 0 Å². The van der Waals surface area contributed by atoms with Crippen molar-refractivity contribution in [2.24, 2.45) is 0 Å². The van der Waals surface area contributed by atoms with Crippen molar-refractivity contribution in [2.75, 3.05) is 5.75 Å². The Morgan fingerprint density at radius 3 is 2.15 bits per heavy atom. The van der Waals surface area contributed by atoms with Crippen LogP contribution in [0, 0.1) is 0 Å². The summed E-state index contributed by atoms with van der Waals surface area (Å²) in [4.78, 5) is 7.03. The lowest BCUT2D eigenvalue weighted by Crippen LogP contribution is -2.57. The van der Waals surface area contributed by atoms with Crippen molar-refractivity contribution in [3.8, 4) is 0 Å². The molecule has 0 aliphatic carbocycles. The van der Waals surface area contributed by atoms with E-state index in [1.165, 1.54) is 5.32 Å². The molecule has 1 unspecified atom stereocenters. The van der Waals surface area contributed by atoms with Gasteiger partial charge in [0.25, 0.3) is 6.43 Å². The summed E-state index contributed by atoms with van der Waals surface area (Å²) in [6, 6.07) is 0. The van der Waals surface area contributed by atoms with Crippen LogP contribution in [0.25, 0.3) is 0 Å². The Hall–Kier alpha value is -0.530. The van der Waals surface area contributed by atoms with Crippen LogP contribution >= 0.6 is 11.8 Å². The van der Waals surface area contributed by atoms with Crippen LogP contribution in [0.4, 0.5) is 22.0 Å². The number of alkyl halides is 5. The first-order chi connectivity index (χ1) is 5.79. The Bertz CT molecular complexity index is 229. The smallest absolute Gasteiger partial charge is 0.328 e. The van der Waals surface area contributed by atoms with Crippen LogP contribution in [0.1, 0.15) is 0 Å². The van der Waals surface area contributed by atoms with E-state index < -0.39 is 29.1 Å². The number of hydrogen-bond donors (Lipinski definition) is 1. The summed E-state index contributed by atoms with van der Waals surface area (Å²) >= 11 is -0.123. The minimum Gasteiger partial charge on any atom is -0.328 e. The van der Waals surface area contributed by atoms with Crippen molar-refractivity contribution < 1.29 is 26.7 Å². The summed E-state index contributed by atoms with van der Waals surface area (Å²) in [6.07, 6.45) is -8.80. The normalized spacial score (nSPS) is 29.5. The monoisotopic (exact) mass is 221 g/mol. The number of carbonyl (C=O) groups excluding carboxylic acids is 1. The lowest BCUT2D eigenvalue weighted by molar-refractivity contribution is -0.196. The fourth-order valence-corrected chi connectivity index (χ4v) is 1.76. The zero-order valence-corrected chi connectivity index (χ0v) is 6.81. The van der Waals surface area contributed by atoms with Crippen LogP contribution < -0.4 is 5.32 Å². The van der Waals surface area contributed by atoms with Gasteiger partial charge < -0.3 is 5.32 Å². The maximum atomic E-state index is 12.1. The lowest BCUT2D eigenvalue weighted by atomic mass is 10.3. The fourth-order valence-electron chi connectivity index (χ4n) is 0.853. The highest BCUT2D eigenvalue weighted by atomic mass is 32.2. The SMILES string of the molecule is O=C1CSC(C(F)F)(C(F)(F)F)N1. The largest absolute Gasteiger partial charge is 0.426 e. The van der Waals surface area contributed by atoms with Crippen molar-refractivity contribution in [3.05, 3.63) is 0 Å². The highest BCUT2D eigenvalue weighted by Crippen LogP contribution is 2.46. The maximum Gasteiger partial charge on any atom is 0.426 e. The number of thioether (sulfide) groups is 1. The number of rotatable bonds is 1. The number of halogens is 5. The summed E-state index contributed by atoms with van der Waals surface area (Å²) < 4.78 is 60.6. The molecule has 0 aromatic rings. The van der Waals surface area contributed by atoms with Gasteiger partial charge in [0, 0.05) is 0 Å². The first kappa shape index (κ1) is 10.6. The molecule has 1 aliphatic heterocycles. The lowest BCUT2D eigenvalue weighted by Gasteiger charge is -2.29. The third-order valence-electron chi connectivity index (χ3n) is 1.48. The molecular weight excluding hydrogens is 217 g/mol. The van der Waals surface area contributed by atoms with Gasteiger partial charge in [-0.05, 0) is 0 Å². The van der Waals surface area contributed by atoms with Crippen molar-refractivity contribution in [3.63, 3.8) is 0 Å². The summed E-state index contributed by atoms with van der Waals surface area (Å²) in [5, 5.41) is 1.26. The molecule has 76 valence electrons. The van der Waals surface area contributed by atoms with E-state index in [4.69, 9.17) is 0 Å².